The van der Waals surface area contributed by atoms with Crippen LogP contribution in [0.1, 0.15) is 28.2 Å². The first kappa shape index (κ1) is 13.2. The lowest BCUT2D eigenvalue weighted by molar-refractivity contribution is -0.384. The summed E-state index contributed by atoms with van der Waals surface area (Å²) < 4.78 is 0. The van der Waals surface area contributed by atoms with Crippen molar-refractivity contribution in [2.45, 2.75) is 13.0 Å². The molecule has 0 saturated heterocycles. The van der Waals surface area contributed by atoms with Gasteiger partial charge in [-0.15, -0.1) is 11.3 Å². The molecule has 0 saturated carbocycles. The highest BCUT2D eigenvalue weighted by atomic mass is 32.1. The molecule has 0 spiro atoms. The molecule has 6 heteroatoms. The van der Waals surface area contributed by atoms with Crippen molar-refractivity contribution in [2.24, 2.45) is 0 Å². The van der Waals surface area contributed by atoms with Crippen LogP contribution in [-0.4, -0.2) is 11.2 Å². The van der Waals surface area contributed by atoms with Gasteiger partial charge < -0.3 is 5.32 Å². The molecule has 2 rings (SSSR count). The number of carbonyl (C=O) groups is 1. The maximum Gasteiger partial charge on any atom is 0.293 e. The summed E-state index contributed by atoms with van der Waals surface area (Å²) in [5.74, 6) is 0. The zero-order chi connectivity index (χ0) is 13.8. The number of nitrogens with one attached hydrogen (secondary N) is 1. The van der Waals surface area contributed by atoms with Crippen molar-refractivity contribution in [3.8, 4) is 0 Å². The van der Waals surface area contributed by atoms with Gasteiger partial charge in [0, 0.05) is 16.5 Å². The maximum absolute atomic E-state index is 11.0. The third kappa shape index (κ3) is 2.97. The van der Waals surface area contributed by atoms with Gasteiger partial charge in [-0.05, 0) is 30.5 Å². The molecule has 1 unspecified atom stereocenters. The number of nitro benzene ring substituents is 1. The van der Waals surface area contributed by atoms with Gasteiger partial charge in [-0.25, -0.2) is 0 Å². The standard InChI is InChI=1S/C13H12N2O3S/c1-9(13-3-2-6-19-13)14-11-5-4-10(8-16)7-12(11)15(17)18/h2-9,14H,1H3. The number of hydrogen-bond donors (Lipinski definition) is 1. The quantitative estimate of drug-likeness (QED) is 0.514. The summed E-state index contributed by atoms with van der Waals surface area (Å²) in [7, 11) is 0. The summed E-state index contributed by atoms with van der Waals surface area (Å²) in [5.41, 5.74) is 0.616. The lowest BCUT2D eigenvalue weighted by atomic mass is 10.1. The molecular weight excluding hydrogens is 264 g/mol. The molecule has 1 atom stereocenters. The SMILES string of the molecule is CC(Nc1ccc(C=O)cc1[N+](=O)[O-])c1cccs1. The largest absolute Gasteiger partial charge is 0.372 e. The number of nitrogens with zero attached hydrogens (tertiary/aromatic N) is 1. The molecule has 98 valence electrons. The van der Waals surface area contributed by atoms with Gasteiger partial charge in [-0.1, -0.05) is 6.07 Å². The smallest absolute Gasteiger partial charge is 0.293 e. The van der Waals surface area contributed by atoms with E-state index in [0.717, 1.165) is 4.88 Å². The van der Waals surface area contributed by atoms with E-state index in [1.54, 1.807) is 23.5 Å². The molecule has 5 nitrogen and oxygen atoms in total. The topological polar surface area (TPSA) is 72.2 Å². The molecule has 0 radical (unpaired) electrons. The zero-order valence-corrected chi connectivity index (χ0v) is 11.0. The number of carbonyl (C=O) groups excluding carboxylic acids is 1. The van der Waals surface area contributed by atoms with Crippen molar-refractivity contribution in [3.05, 3.63) is 56.3 Å². The molecule has 0 aliphatic heterocycles. The molecule has 2 aromatic rings. The summed E-state index contributed by atoms with van der Waals surface area (Å²) in [6, 6.07) is 8.27. The van der Waals surface area contributed by atoms with Crippen molar-refractivity contribution < 1.29 is 9.72 Å². The number of aldehydes is 1. The molecule has 0 bridgehead atoms. The minimum atomic E-state index is -0.490. The van der Waals surface area contributed by atoms with Gasteiger partial charge in [-0.3, -0.25) is 14.9 Å². The Labute approximate surface area is 114 Å². The first-order chi connectivity index (χ1) is 9.11. The van der Waals surface area contributed by atoms with E-state index in [1.165, 1.54) is 6.07 Å². The lowest BCUT2D eigenvalue weighted by Crippen LogP contribution is -2.07. The fourth-order valence-corrected chi connectivity index (χ4v) is 2.47. The molecule has 1 N–H and O–H groups in total. The van der Waals surface area contributed by atoms with Gasteiger partial charge in [0.2, 0.25) is 0 Å². The van der Waals surface area contributed by atoms with Crippen LogP contribution in [0.5, 0.6) is 0 Å². The van der Waals surface area contributed by atoms with E-state index in [0.29, 0.717) is 17.5 Å². The second-order valence-electron chi connectivity index (χ2n) is 4.03. The van der Waals surface area contributed by atoms with Crippen molar-refractivity contribution >= 4 is 29.0 Å². The predicted octanol–water partition coefficient (Wildman–Crippen LogP) is 3.64. The highest BCUT2D eigenvalue weighted by Gasteiger charge is 2.17. The Kier molecular flexibility index (Phi) is 3.91. The van der Waals surface area contributed by atoms with E-state index in [2.05, 4.69) is 5.32 Å². The second-order valence-corrected chi connectivity index (χ2v) is 5.01. The first-order valence-corrected chi connectivity index (χ1v) is 6.53. The Hall–Kier alpha value is -2.21. The van der Waals surface area contributed by atoms with Gasteiger partial charge in [0.1, 0.15) is 12.0 Å². The third-order valence-corrected chi connectivity index (χ3v) is 3.75. The Morgan fingerprint density at radius 2 is 2.21 bits per heavy atom. The summed E-state index contributed by atoms with van der Waals surface area (Å²) in [4.78, 5) is 22.3. The number of hydrogen-bond acceptors (Lipinski definition) is 5. The van der Waals surface area contributed by atoms with Crippen molar-refractivity contribution in [2.75, 3.05) is 5.32 Å². The normalized spacial score (nSPS) is 11.8. The molecule has 0 fully saturated rings. The van der Waals surface area contributed by atoms with Crippen molar-refractivity contribution in [1.82, 2.24) is 0 Å². The molecule has 0 aliphatic rings. The van der Waals surface area contributed by atoms with E-state index in [4.69, 9.17) is 0 Å². The van der Waals surface area contributed by atoms with E-state index < -0.39 is 4.92 Å². The predicted molar refractivity (Wildman–Crippen MR) is 74.8 cm³/mol. The highest BCUT2D eigenvalue weighted by molar-refractivity contribution is 7.10. The molecule has 1 aromatic heterocycles. The van der Waals surface area contributed by atoms with Crippen LogP contribution >= 0.6 is 11.3 Å². The Morgan fingerprint density at radius 3 is 2.79 bits per heavy atom. The zero-order valence-electron chi connectivity index (χ0n) is 10.2. The molecule has 19 heavy (non-hydrogen) atoms. The molecule has 0 aliphatic carbocycles. The number of benzene rings is 1. The van der Waals surface area contributed by atoms with Crippen LogP contribution in [-0.2, 0) is 0 Å². The number of nitro groups is 1. The van der Waals surface area contributed by atoms with Crippen LogP contribution in [0.3, 0.4) is 0 Å². The minimum absolute atomic E-state index is 0.0271. The second kappa shape index (κ2) is 5.62. The van der Waals surface area contributed by atoms with E-state index in [1.807, 2.05) is 24.4 Å². The van der Waals surface area contributed by atoms with E-state index in [9.17, 15) is 14.9 Å². The van der Waals surface area contributed by atoms with Crippen LogP contribution < -0.4 is 5.32 Å². The Balaban J connectivity index is 2.29. The molecular formula is C13H12N2O3S. The monoisotopic (exact) mass is 276 g/mol. The summed E-state index contributed by atoms with van der Waals surface area (Å²) >= 11 is 1.58. The summed E-state index contributed by atoms with van der Waals surface area (Å²) in [6.45, 7) is 1.93. The lowest BCUT2D eigenvalue weighted by Gasteiger charge is -2.13. The van der Waals surface area contributed by atoms with Gasteiger partial charge in [0.15, 0.2) is 0 Å². The average Bonchev–Trinajstić information content (AvgIpc) is 2.92. The fraction of sp³-hybridized carbons (Fsp3) is 0.154. The van der Waals surface area contributed by atoms with Crippen LogP contribution in [0.2, 0.25) is 0 Å². The number of thiophene rings is 1. The summed E-state index contributed by atoms with van der Waals surface area (Å²) in [5, 5.41) is 16.1. The first-order valence-electron chi connectivity index (χ1n) is 5.65. The van der Waals surface area contributed by atoms with Gasteiger partial charge in [0.05, 0.1) is 11.0 Å². The number of anilines is 1. The maximum atomic E-state index is 11.0. The third-order valence-electron chi connectivity index (χ3n) is 2.70. The van der Waals surface area contributed by atoms with Gasteiger partial charge in [0.25, 0.3) is 5.69 Å². The minimum Gasteiger partial charge on any atom is -0.372 e. The van der Waals surface area contributed by atoms with Gasteiger partial charge in [-0.2, -0.15) is 0 Å². The number of rotatable bonds is 5. The highest BCUT2D eigenvalue weighted by Crippen LogP contribution is 2.30. The van der Waals surface area contributed by atoms with Crippen LogP contribution in [0.25, 0.3) is 0 Å². The van der Waals surface area contributed by atoms with Crippen LogP contribution in [0.15, 0.2) is 35.7 Å². The van der Waals surface area contributed by atoms with E-state index in [-0.39, 0.29) is 11.7 Å². The van der Waals surface area contributed by atoms with Crippen LogP contribution in [0, 0.1) is 10.1 Å². The van der Waals surface area contributed by atoms with Gasteiger partial charge >= 0.3 is 0 Å². The Morgan fingerprint density at radius 1 is 1.42 bits per heavy atom. The average molecular weight is 276 g/mol. The summed E-state index contributed by atoms with van der Waals surface area (Å²) in [6.07, 6.45) is 0.597. The van der Waals surface area contributed by atoms with Crippen molar-refractivity contribution in [1.29, 1.82) is 0 Å². The van der Waals surface area contributed by atoms with Crippen LogP contribution in [0.4, 0.5) is 11.4 Å². The van der Waals surface area contributed by atoms with E-state index >= 15 is 0 Å². The molecule has 1 heterocycles. The fourth-order valence-electron chi connectivity index (χ4n) is 1.74. The molecule has 1 aromatic carbocycles. The van der Waals surface area contributed by atoms with Crippen molar-refractivity contribution in [3.63, 3.8) is 0 Å². The Bertz CT molecular complexity index is 596. The molecule has 0 amide bonds.